The van der Waals surface area contributed by atoms with E-state index in [9.17, 15) is 14.4 Å². The molecule has 2 saturated heterocycles. The normalized spacial score (nSPS) is 23.9. The molecule has 0 unspecified atom stereocenters. The number of hydrogen-bond acceptors (Lipinski definition) is 4. The zero-order chi connectivity index (χ0) is 17.6. The number of benzene rings is 1. The van der Waals surface area contributed by atoms with Gasteiger partial charge in [0.05, 0.1) is 6.04 Å². The Hall–Kier alpha value is -2.41. The number of morpholine rings is 1. The first-order valence-electron chi connectivity index (χ1n) is 8.66. The average Bonchev–Trinajstić information content (AvgIpc) is 2.64. The summed E-state index contributed by atoms with van der Waals surface area (Å²) in [7, 11) is 0. The van der Waals surface area contributed by atoms with Gasteiger partial charge in [0, 0.05) is 26.1 Å². The van der Waals surface area contributed by atoms with E-state index in [-0.39, 0.29) is 24.3 Å². The Bertz CT molecular complexity index is 634. The second-order valence-corrected chi connectivity index (χ2v) is 6.32. The van der Waals surface area contributed by atoms with Gasteiger partial charge < -0.3 is 20.3 Å². The van der Waals surface area contributed by atoms with Crippen LogP contribution in [-0.4, -0.2) is 55.0 Å². The summed E-state index contributed by atoms with van der Waals surface area (Å²) in [5.74, 6) is -0.376. The number of nitrogens with zero attached hydrogens (tertiary/aromatic N) is 1. The zero-order valence-corrected chi connectivity index (χ0v) is 14.1. The quantitative estimate of drug-likeness (QED) is 0.807. The van der Waals surface area contributed by atoms with Gasteiger partial charge in [-0.25, -0.2) is 0 Å². The van der Waals surface area contributed by atoms with Crippen molar-refractivity contribution >= 4 is 17.7 Å². The molecule has 0 bridgehead atoms. The molecule has 0 aromatic heterocycles. The maximum Gasteiger partial charge on any atom is 0.251 e. The van der Waals surface area contributed by atoms with Gasteiger partial charge in [-0.15, -0.1) is 0 Å². The van der Waals surface area contributed by atoms with Crippen LogP contribution in [0.3, 0.4) is 0 Å². The lowest BCUT2D eigenvalue weighted by Gasteiger charge is -2.32. The van der Waals surface area contributed by atoms with Gasteiger partial charge in [-0.1, -0.05) is 30.3 Å². The average molecular weight is 345 g/mol. The Labute approximate surface area is 146 Å². The number of ether oxygens (including phenoxy) is 1. The van der Waals surface area contributed by atoms with Crippen LogP contribution in [0.5, 0.6) is 0 Å². The Morgan fingerprint density at radius 3 is 2.80 bits per heavy atom. The molecular formula is C18H23N3O4. The monoisotopic (exact) mass is 345 g/mol. The highest BCUT2D eigenvalue weighted by Gasteiger charge is 2.35. The number of carbonyl (C=O) groups excluding carboxylic acids is 3. The number of piperidine rings is 1. The predicted molar refractivity (Wildman–Crippen MR) is 90.5 cm³/mol. The minimum absolute atomic E-state index is 0.133. The van der Waals surface area contributed by atoms with Crippen LogP contribution in [0.15, 0.2) is 30.3 Å². The summed E-state index contributed by atoms with van der Waals surface area (Å²) in [6.45, 7) is 1.49. The fraction of sp³-hybridized carbons (Fsp3) is 0.500. The first-order chi connectivity index (χ1) is 12.1. The summed E-state index contributed by atoms with van der Waals surface area (Å²) in [6.07, 6.45) is 1.75. The van der Waals surface area contributed by atoms with Crippen molar-refractivity contribution in [1.82, 2.24) is 15.5 Å². The Morgan fingerprint density at radius 2 is 2.04 bits per heavy atom. The highest BCUT2D eigenvalue weighted by Crippen LogP contribution is 2.22. The lowest BCUT2D eigenvalue weighted by Crippen LogP contribution is -2.53. The van der Waals surface area contributed by atoms with Crippen molar-refractivity contribution < 1.29 is 19.1 Å². The Morgan fingerprint density at radius 1 is 1.24 bits per heavy atom. The topological polar surface area (TPSA) is 87.7 Å². The largest absolute Gasteiger partial charge is 0.356 e. The van der Waals surface area contributed by atoms with E-state index in [1.54, 1.807) is 4.90 Å². The van der Waals surface area contributed by atoms with E-state index in [1.165, 1.54) is 0 Å². The molecule has 7 nitrogen and oxygen atoms in total. The molecule has 7 heteroatoms. The van der Waals surface area contributed by atoms with E-state index in [2.05, 4.69) is 10.6 Å². The van der Waals surface area contributed by atoms with Gasteiger partial charge in [0.2, 0.25) is 11.8 Å². The van der Waals surface area contributed by atoms with Crippen LogP contribution >= 0.6 is 0 Å². The van der Waals surface area contributed by atoms with Crippen LogP contribution in [0.25, 0.3) is 0 Å². The Kier molecular flexibility index (Phi) is 5.65. The summed E-state index contributed by atoms with van der Waals surface area (Å²) >= 11 is 0. The van der Waals surface area contributed by atoms with Crippen LogP contribution in [-0.2, 0) is 19.1 Å². The number of rotatable bonds is 5. The molecule has 1 aromatic rings. The predicted octanol–water partition coefficient (Wildman–Crippen LogP) is 0.371. The minimum atomic E-state index is -0.780. The highest BCUT2D eigenvalue weighted by molar-refractivity contribution is 5.86. The molecule has 2 fully saturated rings. The lowest BCUT2D eigenvalue weighted by molar-refractivity contribution is -0.148. The zero-order valence-electron chi connectivity index (χ0n) is 14.1. The highest BCUT2D eigenvalue weighted by atomic mass is 16.5. The lowest BCUT2D eigenvalue weighted by atomic mass is 9.99. The third kappa shape index (κ3) is 4.36. The molecule has 0 aliphatic carbocycles. The van der Waals surface area contributed by atoms with Crippen LogP contribution in [0, 0.1) is 0 Å². The standard InChI is InChI=1S/C18H23N3O4/c22-14-12-25-17(16(20-14)13-6-2-1-3-7-13)18(24)19-9-11-21-10-5-4-8-15(21)23/h1-3,6-7,16-17H,4-5,8-12H2,(H,19,24)(H,20,22)/t16-,17+/m1/s1. The second-order valence-electron chi connectivity index (χ2n) is 6.32. The van der Waals surface area contributed by atoms with Crippen molar-refractivity contribution in [2.75, 3.05) is 26.2 Å². The maximum absolute atomic E-state index is 12.5. The number of likely N-dealkylation sites (tertiary alicyclic amines) is 1. The fourth-order valence-electron chi connectivity index (χ4n) is 3.21. The molecule has 2 atom stereocenters. The maximum atomic E-state index is 12.5. The van der Waals surface area contributed by atoms with Gasteiger partial charge in [-0.05, 0) is 18.4 Å². The smallest absolute Gasteiger partial charge is 0.251 e. The molecule has 1 aromatic carbocycles. The molecule has 2 heterocycles. The van der Waals surface area contributed by atoms with Gasteiger partial charge in [0.1, 0.15) is 6.61 Å². The van der Waals surface area contributed by atoms with E-state index >= 15 is 0 Å². The van der Waals surface area contributed by atoms with E-state index in [4.69, 9.17) is 4.74 Å². The van der Waals surface area contributed by atoms with Crippen LogP contribution in [0.4, 0.5) is 0 Å². The molecule has 3 amide bonds. The minimum Gasteiger partial charge on any atom is -0.356 e. The SMILES string of the molecule is O=C1CO[C@H](C(=O)NCCN2CCCCC2=O)[C@@H](c2ccccc2)N1. The van der Waals surface area contributed by atoms with Crippen LogP contribution < -0.4 is 10.6 Å². The van der Waals surface area contributed by atoms with Gasteiger partial charge in [0.25, 0.3) is 5.91 Å². The molecule has 2 aliphatic rings. The summed E-state index contributed by atoms with van der Waals surface area (Å²) in [5, 5.41) is 5.65. The summed E-state index contributed by atoms with van der Waals surface area (Å²) in [4.78, 5) is 37.7. The Balaban J connectivity index is 1.57. The fourth-order valence-corrected chi connectivity index (χ4v) is 3.21. The first kappa shape index (κ1) is 17.4. The van der Waals surface area contributed by atoms with Crippen LogP contribution in [0.1, 0.15) is 30.9 Å². The molecule has 0 spiro atoms. The summed E-state index contributed by atoms with van der Waals surface area (Å²) < 4.78 is 5.48. The van der Waals surface area contributed by atoms with E-state index in [1.807, 2.05) is 30.3 Å². The van der Waals surface area contributed by atoms with Crippen molar-refractivity contribution in [3.8, 4) is 0 Å². The summed E-state index contributed by atoms with van der Waals surface area (Å²) in [5.41, 5.74) is 0.821. The van der Waals surface area contributed by atoms with E-state index < -0.39 is 12.1 Å². The van der Waals surface area contributed by atoms with Gasteiger partial charge >= 0.3 is 0 Å². The first-order valence-corrected chi connectivity index (χ1v) is 8.66. The molecule has 0 saturated carbocycles. The van der Waals surface area contributed by atoms with Crippen LogP contribution in [0.2, 0.25) is 0 Å². The molecule has 0 radical (unpaired) electrons. The third-order valence-electron chi connectivity index (χ3n) is 4.53. The number of hydrogen-bond donors (Lipinski definition) is 2. The van der Waals surface area contributed by atoms with Crippen molar-refractivity contribution in [1.29, 1.82) is 0 Å². The van der Waals surface area contributed by atoms with Gasteiger partial charge in [0.15, 0.2) is 6.10 Å². The summed E-state index contributed by atoms with van der Waals surface area (Å²) in [6, 6.07) is 8.78. The van der Waals surface area contributed by atoms with Crippen molar-refractivity contribution in [2.45, 2.75) is 31.4 Å². The van der Waals surface area contributed by atoms with Crippen molar-refractivity contribution in [3.63, 3.8) is 0 Å². The van der Waals surface area contributed by atoms with Gasteiger partial charge in [-0.3, -0.25) is 14.4 Å². The molecule has 3 rings (SSSR count). The number of amides is 3. The second kappa shape index (κ2) is 8.11. The number of carbonyl (C=O) groups is 3. The van der Waals surface area contributed by atoms with E-state index in [0.29, 0.717) is 19.5 Å². The third-order valence-corrected chi connectivity index (χ3v) is 4.53. The van der Waals surface area contributed by atoms with Crippen molar-refractivity contribution in [3.05, 3.63) is 35.9 Å². The molecule has 134 valence electrons. The molecule has 2 N–H and O–H groups in total. The molecule has 25 heavy (non-hydrogen) atoms. The van der Waals surface area contributed by atoms with Crippen molar-refractivity contribution in [2.24, 2.45) is 0 Å². The van der Waals surface area contributed by atoms with Gasteiger partial charge in [-0.2, -0.15) is 0 Å². The molecular weight excluding hydrogens is 322 g/mol. The van der Waals surface area contributed by atoms with E-state index in [0.717, 1.165) is 24.9 Å². The molecule has 2 aliphatic heterocycles. The number of nitrogens with one attached hydrogen (secondary N) is 2.